The third-order valence-corrected chi connectivity index (χ3v) is 3.23. The van der Waals surface area contributed by atoms with Gasteiger partial charge in [-0.25, -0.2) is 4.39 Å². The quantitative estimate of drug-likeness (QED) is 0.871. The van der Waals surface area contributed by atoms with E-state index in [1.165, 1.54) is 6.07 Å². The minimum absolute atomic E-state index is 0.0826. The van der Waals surface area contributed by atoms with Crippen LogP contribution in [-0.2, 0) is 4.74 Å². The van der Waals surface area contributed by atoms with Crippen LogP contribution in [0.3, 0.4) is 0 Å². The first kappa shape index (κ1) is 14.9. The van der Waals surface area contributed by atoms with Gasteiger partial charge in [0.15, 0.2) is 5.82 Å². The monoisotopic (exact) mass is 316 g/mol. The third-order valence-electron chi connectivity index (χ3n) is 2.46. The number of benzene rings is 1. The molecule has 0 aliphatic rings. The number of anilines is 1. The van der Waals surface area contributed by atoms with Crippen LogP contribution in [0.15, 0.2) is 16.6 Å². The molecule has 0 saturated heterocycles. The van der Waals surface area contributed by atoms with E-state index in [1.54, 1.807) is 18.1 Å². The van der Waals surface area contributed by atoms with Crippen molar-refractivity contribution in [1.82, 2.24) is 0 Å². The van der Waals surface area contributed by atoms with Crippen LogP contribution in [-0.4, -0.2) is 38.5 Å². The van der Waals surface area contributed by atoms with E-state index in [9.17, 15) is 4.39 Å². The summed E-state index contributed by atoms with van der Waals surface area (Å²) in [6.45, 7) is 1.11. The van der Waals surface area contributed by atoms with E-state index < -0.39 is 5.82 Å². The van der Waals surface area contributed by atoms with Crippen LogP contribution in [0.1, 0.15) is 5.56 Å². The number of aliphatic hydroxyl groups is 1. The number of aliphatic hydroxyl groups excluding tert-OH is 1. The first-order valence-corrected chi connectivity index (χ1v) is 6.17. The Morgan fingerprint density at radius 1 is 1.50 bits per heavy atom. The van der Waals surface area contributed by atoms with E-state index in [-0.39, 0.29) is 16.6 Å². The van der Waals surface area contributed by atoms with Gasteiger partial charge in [-0.2, -0.15) is 5.26 Å². The first-order chi connectivity index (χ1) is 8.65. The highest BCUT2D eigenvalue weighted by atomic mass is 79.9. The molecule has 0 fully saturated rings. The number of hydrogen-bond acceptors (Lipinski definition) is 4. The Hall–Kier alpha value is -1.16. The smallest absolute Gasteiger partial charge is 0.161 e. The van der Waals surface area contributed by atoms with E-state index in [4.69, 9.17) is 15.1 Å². The summed E-state index contributed by atoms with van der Waals surface area (Å²) in [5, 5.41) is 17.8. The zero-order valence-corrected chi connectivity index (χ0v) is 11.6. The van der Waals surface area contributed by atoms with Crippen LogP contribution in [0.2, 0.25) is 0 Å². The third kappa shape index (κ3) is 3.42. The lowest BCUT2D eigenvalue weighted by Crippen LogP contribution is -2.31. The van der Waals surface area contributed by atoms with Crippen LogP contribution in [0.25, 0.3) is 0 Å². The number of nitrogens with zero attached hydrogens (tertiary/aromatic N) is 2. The maximum absolute atomic E-state index is 14.1. The summed E-state index contributed by atoms with van der Waals surface area (Å²) >= 11 is 3.06. The molecule has 0 aromatic heterocycles. The Kier molecular flexibility index (Phi) is 6.05. The lowest BCUT2D eigenvalue weighted by molar-refractivity contribution is 0.202. The molecule has 0 heterocycles. The van der Waals surface area contributed by atoms with Gasteiger partial charge in [0.1, 0.15) is 6.07 Å². The van der Waals surface area contributed by atoms with Gasteiger partial charge in [0.05, 0.1) is 28.9 Å². The predicted molar refractivity (Wildman–Crippen MR) is 70.0 cm³/mol. The van der Waals surface area contributed by atoms with E-state index in [0.717, 1.165) is 0 Å². The number of halogens is 2. The number of hydrogen-bond donors (Lipinski definition) is 1. The van der Waals surface area contributed by atoms with Gasteiger partial charge in [0.25, 0.3) is 0 Å². The average Bonchev–Trinajstić information content (AvgIpc) is 2.38. The molecule has 0 aliphatic carbocycles. The minimum Gasteiger partial charge on any atom is -0.395 e. The van der Waals surface area contributed by atoms with Crippen molar-refractivity contribution in [2.75, 3.05) is 38.3 Å². The highest BCUT2D eigenvalue weighted by Crippen LogP contribution is 2.29. The molecule has 0 radical (unpaired) electrons. The Balaban J connectivity index is 3.05. The molecule has 1 rings (SSSR count). The Labute approximate surface area is 114 Å². The van der Waals surface area contributed by atoms with Crippen molar-refractivity contribution in [2.24, 2.45) is 0 Å². The normalized spacial score (nSPS) is 10.2. The molecule has 1 aromatic carbocycles. The van der Waals surface area contributed by atoms with Crippen molar-refractivity contribution in [3.63, 3.8) is 0 Å². The maximum atomic E-state index is 14.1. The second kappa shape index (κ2) is 7.31. The molecular weight excluding hydrogens is 303 g/mol. The lowest BCUT2D eigenvalue weighted by atomic mass is 10.2. The zero-order chi connectivity index (χ0) is 13.5. The Morgan fingerprint density at radius 2 is 2.22 bits per heavy atom. The molecule has 0 amide bonds. The van der Waals surface area contributed by atoms with E-state index >= 15 is 0 Å². The fourth-order valence-corrected chi connectivity index (χ4v) is 1.97. The van der Waals surface area contributed by atoms with Crippen molar-refractivity contribution in [1.29, 1.82) is 5.26 Å². The van der Waals surface area contributed by atoms with Gasteiger partial charge >= 0.3 is 0 Å². The van der Waals surface area contributed by atoms with Crippen molar-refractivity contribution in [2.45, 2.75) is 0 Å². The number of rotatable bonds is 6. The molecular formula is C12H14BrFN2O2. The summed E-state index contributed by atoms with van der Waals surface area (Å²) in [6.07, 6.45) is 0. The molecule has 0 atom stereocenters. The number of ether oxygens (including phenoxy) is 1. The van der Waals surface area contributed by atoms with Gasteiger partial charge in [0.2, 0.25) is 0 Å². The van der Waals surface area contributed by atoms with Crippen LogP contribution < -0.4 is 4.90 Å². The van der Waals surface area contributed by atoms with Crippen molar-refractivity contribution in [3.05, 3.63) is 28.0 Å². The van der Waals surface area contributed by atoms with Crippen LogP contribution in [0, 0.1) is 17.1 Å². The number of nitriles is 1. The molecule has 1 aromatic rings. The first-order valence-electron chi connectivity index (χ1n) is 5.38. The second-order valence-corrected chi connectivity index (χ2v) is 4.37. The molecule has 4 nitrogen and oxygen atoms in total. The summed E-state index contributed by atoms with van der Waals surface area (Å²) in [5.41, 5.74) is 0.582. The molecule has 18 heavy (non-hydrogen) atoms. The minimum atomic E-state index is -0.501. The van der Waals surface area contributed by atoms with E-state index in [0.29, 0.717) is 25.4 Å². The Morgan fingerprint density at radius 3 is 2.78 bits per heavy atom. The van der Waals surface area contributed by atoms with Crippen LogP contribution in [0.4, 0.5) is 10.1 Å². The lowest BCUT2D eigenvalue weighted by Gasteiger charge is -2.24. The highest BCUT2D eigenvalue weighted by Gasteiger charge is 2.16. The fourth-order valence-electron chi connectivity index (χ4n) is 1.54. The van der Waals surface area contributed by atoms with E-state index in [2.05, 4.69) is 15.9 Å². The summed E-state index contributed by atoms with van der Waals surface area (Å²) in [5.74, 6) is -0.501. The largest absolute Gasteiger partial charge is 0.395 e. The van der Waals surface area contributed by atoms with Gasteiger partial charge < -0.3 is 14.7 Å². The highest BCUT2D eigenvalue weighted by molar-refractivity contribution is 9.10. The van der Waals surface area contributed by atoms with Crippen LogP contribution in [0.5, 0.6) is 0 Å². The van der Waals surface area contributed by atoms with Gasteiger partial charge in [0, 0.05) is 20.2 Å². The van der Waals surface area contributed by atoms with Gasteiger partial charge in [-0.1, -0.05) is 0 Å². The molecule has 0 saturated carbocycles. The predicted octanol–water partition coefficient (Wildman–Crippen LogP) is 1.90. The molecule has 0 aliphatic heterocycles. The average molecular weight is 317 g/mol. The molecule has 6 heteroatoms. The Bertz CT molecular complexity index is 448. The van der Waals surface area contributed by atoms with E-state index in [1.807, 2.05) is 6.07 Å². The molecule has 1 N–H and O–H groups in total. The molecule has 0 spiro atoms. The molecule has 0 bridgehead atoms. The molecule has 98 valence electrons. The van der Waals surface area contributed by atoms with Crippen molar-refractivity contribution in [3.8, 4) is 6.07 Å². The number of methoxy groups -OCH3 is 1. The van der Waals surface area contributed by atoms with Crippen molar-refractivity contribution >= 4 is 21.6 Å². The fraction of sp³-hybridized carbons (Fsp3) is 0.417. The zero-order valence-electron chi connectivity index (χ0n) is 9.99. The standard InChI is InChI=1S/C12H14BrFN2O2/c1-18-7-5-16(4-6-17)10-3-2-9(8-15)11(13)12(10)14/h2-3,17H,4-7H2,1H3. The van der Waals surface area contributed by atoms with Crippen LogP contribution >= 0.6 is 15.9 Å². The van der Waals surface area contributed by atoms with Gasteiger partial charge in [-0.05, 0) is 28.1 Å². The topological polar surface area (TPSA) is 56.5 Å². The maximum Gasteiger partial charge on any atom is 0.161 e. The van der Waals surface area contributed by atoms with Gasteiger partial charge in [-0.15, -0.1) is 0 Å². The van der Waals surface area contributed by atoms with Gasteiger partial charge in [-0.3, -0.25) is 0 Å². The van der Waals surface area contributed by atoms with Crippen molar-refractivity contribution < 1.29 is 14.2 Å². The summed E-state index contributed by atoms with van der Waals surface area (Å²) in [6, 6.07) is 4.97. The summed E-state index contributed by atoms with van der Waals surface area (Å²) < 4.78 is 19.2. The molecule has 0 unspecified atom stereocenters. The second-order valence-electron chi connectivity index (χ2n) is 3.58. The summed E-state index contributed by atoms with van der Waals surface area (Å²) in [4.78, 5) is 1.67. The summed E-state index contributed by atoms with van der Waals surface area (Å²) in [7, 11) is 1.56. The SMILES string of the molecule is COCCN(CCO)c1ccc(C#N)c(Br)c1F.